The second-order valence-corrected chi connectivity index (χ2v) is 12.5. The molecule has 0 aliphatic carbocycles. The van der Waals surface area contributed by atoms with Gasteiger partial charge in [-0.3, -0.25) is 9.36 Å². The molecule has 0 unspecified atom stereocenters. The average molecular weight is 681 g/mol. The van der Waals surface area contributed by atoms with E-state index in [4.69, 9.17) is 23.9 Å². The molecule has 0 bridgehead atoms. The normalized spacial score (nSPS) is 14.2. The number of benzene rings is 3. The fourth-order valence-corrected chi connectivity index (χ4v) is 7.18. The zero-order chi connectivity index (χ0) is 33.6. The van der Waals surface area contributed by atoms with Crippen LogP contribution in [0.15, 0.2) is 106 Å². The van der Waals surface area contributed by atoms with E-state index in [1.54, 1.807) is 61.9 Å². The van der Waals surface area contributed by atoms with Crippen LogP contribution in [-0.2, 0) is 20.9 Å². The molecule has 1 aliphatic heterocycles. The number of carbonyl (C=O) groups is 2. The minimum atomic E-state index is -0.726. The summed E-state index contributed by atoms with van der Waals surface area (Å²) in [6.45, 7) is 4.18. The summed E-state index contributed by atoms with van der Waals surface area (Å²) in [5, 5.41) is 1.92. The van der Waals surface area contributed by atoms with E-state index in [1.807, 2.05) is 60.0 Å². The summed E-state index contributed by atoms with van der Waals surface area (Å²) in [6, 6.07) is 25.0. The Bertz CT molecular complexity index is 2150. The van der Waals surface area contributed by atoms with E-state index in [9.17, 15) is 14.4 Å². The molecule has 0 radical (unpaired) electrons. The maximum Gasteiger partial charge on any atom is 0.338 e. The molecule has 5 aromatic rings. The Labute approximate surface area is 284 Å². The lowest BCUT2D eigenvalue weighted by Crippen LogP contribution is -2.39. The highest BCUT2D eigenvalue weighted by molar-refractivity contribution is 7.10. The molecule has 0 saturated carbocycles. The van der Waals surface area contributed by atoms with Crippen LogP contribution in [0.4, 0.5) is 0 Å². The van der Waals surface area contributed by atoms with Crippen molar-refractivity contribution >= 4 is 46.4 Å². The first-order chi connectivity index (χ1) is 23.4. The van der Waals surface area contributed by atoms with Gasteiger partial charge in [-0.05, 0) is 55.1 Å². The topological polar surface area (TPSA) is 105 Å². The van der Waals surface area contributed by atoms with E-state index in [-0.39, 0.29) is 24.7 Å². The van der Waals surface area contributed by atoms with Gasteiger partial charge in [-0.2, -0.15) is 0 Å². The van der Waals surface area contributed by atoms with Gasteiger partial charge >= 0.3 is 11.9 Å². The lowest BCUT2D eigenvalue weighted by Gasteiger charge is -2.24. The Morgan fingerprint density at radius 3 is 2.33 bits per heavy atom. The SMILES string of the molecule is CCOC(=O)C1=C(c2ccccc2)N=c2s/c(=C\c3cccc(OC)c3OCc3ccc(C(=O)OCC)cc3)c(=O)n2[C@H]1c1cccs1. The molecule has 9 nitrogen and oxygen atoms in total. The second-order valence-electron chi connectivity index (χ2n) is 10.5. The average Bonchev–Trinajstić information content (AvgIpc) is 3.76. The van der Waals surface area contributed by atoms with Crippen molar-refractivity contribution in [1.29, 1.82) is 0 Å². The van der Waals surface area contributed by atoms with Gasteiger partial charge in [0.1, 0.15) is 12.6 Å². The summed E-state index contributed by atoms with van der Waals surface area (Å²) in [5.41, 5.74) is 3.14. The molecule has 6 rings (SSSR count). The molecule has 0 amide bonds. The highest BCUT2D eigenvalue weighted by Gasteiger charge is 2.35. The second kappa shape index (κ2) is 14.7. The molecule has 3 heterocycles. The number of thiazole rings is 1. The predicted molar refractivity (Wildman–Crippen MR) is 185 cm³/mol. The zero-order valence-corrected chi connectivity index (χ0v) is 28.1. The Kier molecular flexibility index (Phi) is 9.98. The summed E-state index contributed by atoms with van der Waals surface area (Å²) in [5.74, 6) is 0.0379. The summed E-state index contributed by atoms with van der Waals surface area (Å²) in [6.07, 6.45) is 1.76. The molecule has 11 heteroatoms. The van der Waals surface area contributed by atoms with E-state index in [2.05, 4.69) is 0 Å². The molecule has 0 spiro atoms. The highest BCUT2D eigenvalue weighted by atomic mass is 32.1. The molecule has 1 aliphatic rings. The van der Waals surface area contributed by atoms with Crippen molar-refractivity contribution in [3.05, 3.63) is 143 Å². The number of thiophene rings is 1. The Morgan fingerprint density at radius 1 is 0.896 bits per heavy atom. The molecule has 0 saturated heterocycles. The zero-order valence-electron chi connectivity index (χ0n) is 26.5. The number of aromatic nitrogens is 1. The lowest BCUT2D eigenvalue weighted by atomic mass is 9.97. The fourth-order valence-electron chi connectivity index (χ4n) is 5.37. The van der Waals surface area contributed by atoms with Crippen LogP contribution in [0.25, 0.3) is 11.8 Å². The van der Waals surface area contributed by atoms with E-state index in [0.717, 1.165) is 16.0 Å². The third-order valence-electron chi connectivity index (χ3n) is 7.55. The largest absolute Gasteiger partial charge is 0.493 e. The van der Waals surface area contributed by atoms with Crippen LogP contribution in [0.3, 0.4) is 0 Å². The highest BCUT2D eigenvalue weighted by Crippen LogP contribution is 2.37. The van der Waals surface area contributed by atoms with Gasteiger partial charge in [-0.15, -0.1) is 11.3 Å². The van der Waals surface area contributed by atoms with E-state index >= 15 is 0 Å². The van der Waals surface area contributed by atoms with E-state index in [0.29, 0.717) is 49.8 Å². The number of fused-ring (bicyclic) bond motifs is 1. The van der Waals surface area contributed by atoms with Crippen molar-refractivity contribution in [2.75, 3.05) is 20.3 Å². The van der Waals surface area contributed by atoms with Crippen molar-refractivity contribution in [3.63, 3.8) is 0 Å². The lowest BCUT2D eigenvalue weighted by molar-refractivity contribution is -0.138. The number of esters is 2. The Balaban J connectivity index is 1.45. The standard InChI is InChI=1S/C37H32N2O7S2/c1-4-44-35(41)25-18-16-23(17-19-25)22-46-33-26(13-9-14-27(33)43-3)21-29-34(40)39-32(28-15-10-20-47-28)30(36(42)45-5-2)31(38-37(39)48-29)24-11-7-6-8-12-24/h6-21,32H,4-5,22H2,1-3H3/b29-21-/t32-/m0/s1. The molecule has 0 fully saturated rings. The quantitative estimate of drug-likeness (QED) is 0.163. The fraction of sp³-hybridized carbons (Fsp3) is 0.189. The number of hydrogen-bond donors (Lipinski definition) is 0. The van der Waals surface area contributed by atoms with Crippen LogP contribution in [0.1, 0.15) is 51.8 Å². The first-order valence-electron chi connectivity index (χ1n) is 15.3. The molecular formula is C37H32N2O7S2. The number of hydrogen-bond acceptors (Lipinski definition) is 10. The van der Waals surface area contributed by atoms with Gasteiger partial charge in [-0.1, -0.05) is 72.0 Å². The molecule has 2 aromatic heterocycles. The maximum atomic E-state index is 14.3. The van der Waals surface area contributed by atoms with Crippen LogP contribution < -0.4 is 24.4 Å². The number of para-hydroxylation sites is 1. The molecule has 1 atom stereocenters. The number of nitrogens with zero attached hydrogens (tertiary/aromatic N) is 2. The van der Waals surface area contributed by atoms with Gasteiger partial charge in [0, 0.05) is 16.0 Å². The Hall–Kier alpha value is -5.26. The summed E-state index contributed by atoms with van der Waals surface area (Å²) in [4.78, 5) is 46.1. The van der Waals surface area contributed by atoms with Crippen molar-refractivity contribution in [1.82, 2.24) is 4.57 Å². The van der Waals surface area contributed by atoms with Crippen LogP contribution in [0.5, 0.6) is 11.5 Å². The van der Waals surface area contributed by atoms with Gasteiger partial charge in [0.15, 0.2) is 16.3 Å². The third-order valence-corrected chi connectivity index (χ3v) is 9.46. The summed E-state index contributed by atoms with van der Waals surface area (Å²) < 4.78 is 24.5. The third kappa shape index (κ3) is 6.60. The summed E-state index contributed by atoms with van der Waals surface area (Å²) >= 11 is 2.69. The van der Waals surface area contributed by atoms with Gasteiger partial charge < -0.3 is 18.9 Å². The van der Waals surface area contributed by atoms with Crippen LogP contribution in [0.2, 0.25) is 0 Å². The summed E-state index contributed by atoms with van der Waals surface area (Å²) in [7, 11) is 1.55. The van der Waals surface area contributed by atoms with Crippen LogP contribution in [-0.4, -0.2) is 36.8 Å². The van der Waals surface area contributed by atoms with E-state index < -0.39 is 12.0 Å². The molecule has 3 aromatic carbocycles. The minimum absolute atomic E-state index is 0.181. The van der Waals surface area contributed by atoms with Crippen LogP contribution >= 0.6 is 22.7 Å². The molecule has 0 N–H and O–H groups in total. The predicted octanol–water partition coefficient (Wildman–Crippen LogP) is 5.76. The number of carbonyl (C=O) groups excluding carboxylic acids is 2. The maximum absolute atomic E-state index is 14.3. The van der Waals surface area contributed by atoms with Crippen molar-refractivity contribution in [2.45, 2.75) is 26.5 Å². The first kappa shape index (κ1) is 32.7. The molecular weight excluding hydrogens is 649 g/mol. The van der Waals surface area contributed by atoms with Crippen molar-refractivity contribution in [3.8, 4) is 11.5 Å². The number of ether oxygens (including phenoxy) is 4. The van der Waals surface area contributed by atoms with Crippen molar-refractivity contribution < 1.29 is 28.5 Å². The minimum Gasteiger partial charge on any atom is -0.493 e. The molecule has 48 heavy (non-hydrogen) atoms. The van der Waals surface area contributed by atoms with Gasteiger partial charge in [0.05, 0.1) is 41.7 Å². The van der Waals surface area contributed by atoms with Gasteiger partial charge in [0.2, 0.25) is 0 Å². The smallest absolute Gasteiger partial charge is 0.338 e. The Morgan fingerprint density at radius 2 is 1.65 bits per heavy atom. The first-order valence-corrected chi connectivity index (χ1v) is 17.0. The van der Waals surface area contributed by atoms with Gasteiger partial charge in [0.25, 0.3) is 5.56 Å². The van der Waals surface area contributed by atoms with Crippen molar-refractivity contribution in [2.24, 2.45) is 4.99 Å². The number of methoxy groups -OCH3 is 1. The monoisotopic (exact) mass is 680 g/mol. The molecule has 244 valence electrons. The van der Waals surface area contributed by atoms with Crippen LogP contribution in [0, 0.1) is 0 Å². The number of rotatable bonds is 11. The van der Waals surface area contributed by atoms with E-state index in [1.165, 1.54) is 22.7 Å². The van der Waals surface area contributed by atoms with Gasteiger partial charge in [-0.25, -0.2) is 14.6 Å².